The topological polar surface area (TPSA) is 52.6 Å². The summed E-state index contributed by atoms with van der Waals surface area (Å²) >= 11 is 0. The fourth-order valence-electron chi connectivity index (χ4n) is 1.91. The second-order valence-corrected chi connectivity index (χ2v) is 4.69. The van der Waals surface area contributed by atoms with Crippen LogP contribution in [0.3, 0.4) is 0 Å². The monoisotopic (exact) mass is 226 g/mol. The van der Waals surface area contributed by atoms with Gasteiger partial charge >= 0.3 is 11.9 Å². The van der Waals surface area contributed by atoms with Gasteiger partial charge < -0.3 is 9.47 Å². The molecule has 0 heterocycles. The first kappa shape index (κ1) is 12.7. The predicted molar refractivity (Wildman–Crippen MR) is 58.3 cm³/mol. The maximum Gasteiger partial charge on any atom is 0.307 e. The van der Waals surface area contributed by atoms with Gasteiger partial charge in [-0.2, -0.15) is 0 Å². The predicted octanol–water partition coefficient (Wildman–Crippen LogP) is 1.90. The Bertz CT molecular complexity index is 317. The van der Waals surface area contributed by atoms with Crippen LogP contribution in [0.2, 0.25) is 0 Å². The van der Waals surface area contributed by atoms with Crippen molar-refractivity contribution in [3.05, 3.63) is 12.3 Å². The van der Waals surface area contributed by atoms with Gasteiger partial charge in [-0.05, 0) is 17.4 Å². The van der Waals surface area contributed by atoms with Gasteiger partial charge in [0.05, 0.1) is 12.9 Å². The van der Waals surface area contributed by atoms with Crippen molar-refractivity contribution in [2.45, 2.75) is 27.7 Å². The number of rotatable bonds is 4. The van der Waals surface area contributed by atoms with Gasteiger partial charge in [0.25, 0.3) is 0 Å². The van der Waals surface area contributed by atoms with Crippen molar-refractivity contribution in [1.82, 2.24) is 0 Å². The number of hydrogen-bond acceptors (Lipinski definition) is 4. The Kier molecular flexibility index (Phi) is 3.73. The van der Waals surface area contributed by atoms with E-state index in [0.29, 0.717) is 18.4 Å². The smallest absolute Gasteiger partial charge is 0.307 e. The van der Waals surface area contributed by atoms with E-state index in [1.165, 1.54) is 20.1 Å². The van der Waals surface area contributed by atoms with Crippen molar-refractivity contribution >= 4 is 11.9 Å². The van der Waals surface area contributed by atoms with Crippen LogP contribution in [0.15, 0.2) is 12.3 Å². The van der Waals surface area contributed by atoms with Crippen LogP contribution in [0, 0.1) is 17.3 Å². The number of carbonyl (C=O) groups is 2. The molecule has 0 aromatic heterocycles. The molecule has 0 N–H and O–H groups in total. The van der Waals surface area contributed by atoms with Crippen molar-refractivity contribution in [2.75, 3.05) is 6.61 Å². The molecule has 90 valence electrons. The van der Waals surface area contributed by atoms with E-state index in [0.717, 1.165) is 0 Å². The number of carbonyl (C=O) groups excluding carboxylic acids is 2. The minimum absolute atomic E-state index is 0.103. The molecular formula is C12H18O4. The maximum absolute atomic E-state index is 10.7. The summed E-state index contributed by atoms with van der Waals surface area (Å²) in [5.41, 5.74) is 0.103. The summed E-state index contributed by atoms with van der Waals surface area (Å²) in [6, 6.07) is 0. The van der Waals surface area contributed by atoms with Crippen molar-refractivity contribution in [2.24, 2.45) is 17.3 Å². The Morgan fingerprint density at radius 1 is 1.25 bits per heavy atom. The van der Waals surface area contributed by atoms with Gasteiger partial charge in [0, 0.05) is 19.8 Å². The first-order valence-electron chi connectivity index (χ1n) is 5.33. The Labute approximate surface area is 95.6 Å². The van der Waals surface area contributed by atoms with Crippen LogP contribution in [0.4, 0.5) is 0 Å². The largest absolute Gasteiger partial charge is 0.466 e. The average molecular weight is 226 g/mol. The lowest BCUT2D eigenvalue weighted by atomic mass is 10.1. The van der Waals surface area contributed by atoms with Gasteiger partial charge in [0.1, 0.15) is 0 Å². The second kappa shape index (κ2) is 4.68. The third-order valence-corrected chi connectivity index (χ3v) is 3.13. The summed E-state index contributed by atoms with van der Waals surface area (Å²) in [5, 5.41) is 0. The highest BCUT2D eigenvalue weighted by molar-refractivity contribution is 5.66. The molecule has 0 spiro atoms. The minimum atomic E-state index is -0.328. The number of ether oxygens (including phenoxy) is 2. The van der Waals surface area contributed by atoms with Crippen molar-refractivity contribution in [3.63, 3.8) is 0 Å². The van der Waals surface area contributed by atoms with Crippen LogP contribution in [0.25, 0.3) is 0 Å². The quantitative estimate of drug-likeness (QED) is 0.542. The maximum atomic E-state index is 10.7. The zero-order valence-corrected chi connectivity index (χ0v) is 10.1. The van der Waals surface area contributed by atoms with E-state index >= 15 is 0 Å². The molecule has 1 aliphatic carbocycles. The summed E-state index contributed by atoms with van der Waals surface area (Å²) in [4.78, 5) is 21.2. The van der Waals surface area contributed by atoms with Gasteiger partial charge in [-0.3, -0.25) is 9.59 Å². The summed E-state index contributed by atoms with van der Waals surface area (Å²) in [5.74, 6) is 0.0195. The fourth-order valence-corrected chi connectivity index (χ4v) is 1.91. The zero-order chi connectivity index (χ0) is 12.3. The normalized spacial score (nSPS) is 26.5. The lowest BCUT2D eigenvalue weighted by Crippen LogP contribution is -2.05. The number of hydrogen-bond donors (Lipinski definition) is 0. The van der Waals surface area contributed by atoms with Gasteiger partial charge in [-0.1, -0.05) is 13.8 Å². The van der Waals surface area contributed by atoms with Crippen molar-refractivity contribution < 1.29 is 19.1 Å². The molecule has 16 heavy (non-hydrogen) atoms. The van der Waals surface area contributed by atoms with E-state index in [9.17, 15) is 9.59 Å². The lowest BCUT2D eigenvalue weighted by Gasteiger charge is -2.02. The molecule has 2 atom stereocenters. The molecular weight excluding hydrogens is 208 g/mol. The second-order valence-electron chi connectivity index (χ2n) is 4.69. The lowest BCUT2D eigenvalue weighted by molar-refractivity contribution is -0.141. The molecule has 1 fully saturated rings. The molecule has 0 amide bonds. The Morgan fingerprint density at radius 3 is 2.38 bits per heavy atom. The van der Waals surface area contributed by atoms with E-state index in [1.807, 2.05) is 6.08 Å². The zero-order valence-electron chi connectivity index (χ0n) is 10.1. The highest BCUT2D eigenvalue weighted by Crippen LogP contribution is 2.58. The SMILES string of the molecule is CC(=O)OC=C[C@@H]1[C@H](COC(C)=O)C1(C)C. The van der Waals surface area contributed by atoms with Crippen LogP contribution in [-0.4, -0.2) is 18.5 Å². The highest BCUT2D eigenvalue weighted by atomic mass is 16.5. The van der Waals surface area contributed by atoms with Crippen LogP contribution in [-0.2, 0) is 19.1 Å². The van der Waals surface area contributed by atoms with Gasteiger partial charge in [-0.25, -0.2) is 0 Å². The Morgan fingerprint density at radius 2 is 1.88 bits per heavy atom. The molecule has 0 bridgehead atoms. The molecule has 0 unspecified atom stereocenters. The van der Waals surface area contributed by atoms with E-state index in [1.54, 1.807) is 0 Å². The summed E-state index contributed by atoms with van der Waals surface area (Å²) in [6.07, 6.45) is 3.28. The van der Waals surface area contributed by atoms with Crippen LogP contribution >= 0.6 is 0 Å². The highest BCUT2D eigenvalue weighted by Gasteiger charge is 2.56. The van der Waals surface area contributed by atoms with Gasteiger partial charge in [0.2, 0.25) is 0 Å². The third-order valence-electron chi connectivity index (χ3n) is 3.13. The molecule has 1 saturated carbocycles. The molecule has 0 saturated heterocycles. The molecule has 0 radical (unpaired) electrons. The molecule has 1 aliphatic rings. The fraction of sp³-hybridized carbons (Fsp3) is 0.667. The first-order chi connectivity index (χ1) is 7.35. The molecule has 4 heteroatoms. The van der Waals surface area contributed by atoms with E-state index in [4.69, 9.17) is 9.47 Å². The van der Waals surface area contributed by atoms with E-state index < -0.39 is 0 Å². The summed E-state index contributed by atoms with van der Waals surface area (Å²) in [7, 11) is 0. The number of esters is 2. The van der Waals surface area contributed by atoms with Crippen molar-refractivity contribution in [3.8, 4) is 0 Å². The molecule has 4 nitrogen and oxygen atoms in total. The standard InChI is InChI=1S/C12H18O4/c1-8(13)15-6-5-10-11(12(10,3)4)7-16-9(2)14/h5-6,10-11H,7H2,1-4H3/t10-,11+/m1/s1. The van der Waals surface area contributed by atoms with Gasteiger partial charge in [0.15, 0.2) is 0 Å². The first-order valence-corrected chi connectivity index (χ1v) is 5.33. The van der Waals surface area contributed by atoms with Crippen LogP contribution in [0.1, 0.15) is 27.7 Å². The molecule has 0 aromatic carbocycles. The Hall–Kier alpha value is -1.32. The molecule has 1 rings (SSSR count). The molecule has 0 aliphatic heterocycles. The van der Waals surface area contributed by atoms with Crippen LogP contribution in [0.5, 0.6) is 0 Å². The van der Waals surface area contributed by atoms with Crippen molar-refractivity contribution in [1.29, 1.82) is 0 Å². The van der Waals surface area contributed by atoms with E-state index in [2.05, 4.69) is 13.8 Å². The number of allylic oxidation sites excluding steroid dienone is 1. The minimum Gasteiger partial charge on any atom is -0.466 e. The van der Waals surface area contributed by atoms with Crippen LogP contribution < -0.4 is 0 Å². The summed E-state index contributed by atoms with van der Waals surface area (Å²) < 4.78 is 9.71. The third kappa shape index (κ3) is 3.08. The summed E-state index contributed by atoms with van der Waals surface area (Å²) in [6.45, 7) is 7.39. The Balaban J connectivity index is 2.41. The van der Waals surface area contributed by atoms with E-state index in [-0.39, 0.29) is 17.4 Å². The molecule has 0 aromatic rings. The average Bonchev–Trinajstić information content (AvgIpc) is 2.64. The van der Waals surface area contributed by atoms with Gasteiger partial charge in [-0.15, -0.1) is 0 Å².